The van der Waals surface area contributed by atoms with Crippen LogP contribution >= 0.6 is 35.6 Å². The minimum Gasteiger partial charge on any atom is -0.357 e. The second-order valence-electron chi connectivity index (χ2n) is 5.44. The number of benzene rings is 1. The Morgan fingerprint density at radius 1 is 1.16 bits per heavy atom. The molecule has 0 aliphatic rings. The van der Waals surface area contributed by atoms with E-state index in [4.69, 9.17) is 11.6 Å². The summed E-state index contributed by atoms with van der Waals surface area (Å²) in [6, 6.07) is 7.94. The van der Waals surface area contributed by atoms with Crippen LogP contribution < -0.4 is 10.6 Å². The van der Waals surface area contributed by atoms with Gasteiger partial charge in [-0.15, -0.1) is 34.2 Å². The number of rotatable bonds is 9. The van der Waals surface area contributed by atoms with Crippen molar-refractivity contribution in [3.8, 4) is 0 Å². The SMILES string of the molecule is CCNC(=NCCCCn1cnnc1)NCCc1ccccc1Cl.I. The van der Waals surface area contributed by atoms with Crippen LogP contribution in [0.2, 0.25) is 5.02 Å². The Morgan fingerprint density at radius 2 is 1.92 bits per heavy atom. The van der Waals surface area contributed by atoms with Crippen molar-refractivity contribution < 1.29 is 0 Å². The van der Waals surface area contributed by atoms with E-state index in [-0.39, 0.29) is 24.0 Å². The maximum absolute atomic E-state index is 6.18. The lowest BCUT2D eigenvalue weighted by Gasteiger charge is -2.12. The summed E-state index contributed by atoms with van der Waals surface area (Å²) in [5.41, 5.74) is 1.15. The number of unbranched alkanes of at least 4 members (excludes halogenated alkanes) is 1. The zero-order valence-corrected chi connectivity index (χ0v) is 17.6. The molecule has 6 nitrogen and oxygen atoms in total. The van der Waals surface area contributed by atoms with Crippen molar-refractivity contribution in [3.63, 3.8) is 0 Å². The molecule has 1 aromatic carbocycles. The highest BCUT2D eigenvalue weighted by atomic mass is 127. The molecular weight excluding hydrogens is 451 g/mol. The molecule has 0 aliphatic carbocycles. The zero-order chi connectivity index (χ0) is 17.0. The van der Waals surface area contributed by atoms with E-state index in [0.717, 1.165) is 62.0 Å². The van der Waals surface area contributed by atoms with Crippen LogP contribution in [0.4, 0.5) is 0 Å². The Bertz CT molecular complexity index is 617. The quantitative estimate of drug-likeness (QED) is 0.253. The molecule has 0 amide bonds. The van der Waals surface area contributed by atoms with Crippen molar-refractivity contribution >= 4 is 41.5 Å². The first-order valence-corrected chi connectivity index (χ1v) is 8.75. The standard InChI is InChI=1S/C17H25ClN6.HI/c1-2-19-17(20-10-5-6-12-24-13-22-23-14-24)21-11-9-15-7-3-4-8-16(15)18;/h3-4,7-8,13-14H,2,5-6,9-12H2,1H3,(H2,19,20,21);1H. The van der Waals surface area contributed by atoms with Gasteiger partial charge in [0.05, 0.1) is 0 Å². The fourth-order valence-corrected chi connectivity index (χ4v) is 2.52. The Labute approximate surface area is 171 Å². The maximum Gasteiger partial charge on any atom is 0.191 e. The van der Waals surface area contributed by atoms with Crippen molar-refractivity contribution in [2.45, 2.75) is 32.7 Å². The highest BCUT2D eigenvalue weighted by Gasteiger charge is 2.01. The van der Waals surface area contributed by atoms with Crippen molar-refractivity contribution in [1.82, 2.24) is 25.4 Å². The molecule has 0 atom stereocenters. The average Bonchev–Trinajstić information content (AvgIpc) is 3.09. The van der Waals surface area contributed by atoms with E-state index in [9.17, 15) is 0 Å². The summed E-state index contributed by atoms with van der Waals surface area (Å²) < 4.78 is 1.98. The summed E-state index contributed by atoms with van der Waals surface area (Å²) in [6.07, 6.45) is 6.44. The van der Waals surface area contributed by atoms with Gasteiger partial charge in [0.25, 0.3) is 0 Å². The van der Waals surface area contributed by atoms with E-state index in [2.05, 4.69) is 38.8 Å². The predicted molar refractivity (Wildman–Crippen MR) is 114 cm³/mol. The summed E-state index contributed by atoms with van der Waals surface area (Å²) in [5, 5.41) is 15.0. The van der Waals surface area contributed by atoms with E-state index in [1.807, 2.05) is 22.8 Å². The smallest absolute Gasteiger partial charge is 0.191 e. The molecule has 0 saturated heterocycles. The molecule has 2 N–H and O–H groups in total. The van der Waals surface area contributed by atoms with E-state index < -0.39 is 0 Å². The molecule has 0 fully saturated rings. The molecule has 1 heterocycles. The second kappa shape index (κ2) is 12.9. The van der Waals surface area contributed by atoms with Crippen LogP contribution in [-0.2, 0) is 13.0 Å². The average molecular weight is 477 g/mol. The van der Waals surface area contributed by atoms with Crippen LogP contribution in [0.1, 0.15) is 25.3 Å². The van der Waals surface area contributed by atoms with Crippen molar-refractivity contribution in [2.75, 3.05) is 19.6 Å². The number of hydrogen-bond donors (Lipinski definition) is 2. The number of aromatic nitrogens is 3. The fourth-order valence-electron chi connectivity index (χ4n) is 2.29. The summed E-state index contributed by atoms with van der Waals surface area (Å²) in [4.78, 5) is 4.61. The first-order chi connectivity index (χ1) is 11.8. The summed E-state index contributed by atoms with van der Waals surface area (Å²) in [5.74, 6) is 0.855. The molecule has 0 unspecified atom stereocenters. The lowest BCUT2D eigenvalue weighted by atomic mass is 10.1. The maximum atomic E-state index is 6.18. The molecule has 8 heteroatoms. The fraction of sp³-hybridized carbons (Fsp3) is 0.471. The highest BCUT2D eigenvalue weighted by Crippen LogP contribution is 2.14. The van der Waals surface area contributed by atoms with Gasteiger partial charge in [-0.05, 0) is 37.8 Å². The Morgan fingerprint density at radius 3 is 2.64 bits per heavy atom. The normalized spacial score (nSPS) is 11.0. The Balaban J connectivity index is 0.00000312. The molecule has 0 spiro atoms. The molecule has 25 heavy (non-hydrogen) atoms. The van der Waals surface area contributed by atoms with Crippen LogP contribution in [0.3, 0.4) is 0 Å². The lowest BCUT2D eigenvalue weighted by molar-refractivity contribution is 0.611. The largest absolute Gasteiger partial charge is 0.357 e. The van der Waals surface area contributed by atoms with Crippen molar-refractivity contribution in [2.24, 2.45) is 4.99 Å². The summed E-state index contributed by atoms with van der Waals surface area (Å²) >= 11 is 6.18. The first-order valence-electron chi connectivity index (χ1n) is 8.37. The van der Waals surface area contributed by atoms with Gasteiger partial charge in [0.15, 0.2) is 5.96 Å². The lowest BCUT2D eigenvalue weighted by Crippen LogP contribution is -2.38. The van der Waals surface area contributed by atoms with Crippen LogP contribution in [0.5, 0.6) is 0 Å². The number of aryl methyl sites for hydroxylation is 1. The molecule has 1 aromatic heterocycles. The van der Waals surface area contributed by atoms with Crippen molar-refractivity contribution in [1.29, 1.82) is 0 Å². The van der Waals surface area contributed by atoms with Gasteiger partial charge in [0, 0.05) is 31.2 Å². The number of halogens is 2. The van der Waals surface area contributed by atoms with Crippen LogP contribution in [0, 0.1) is 0 Å². The van der Waals surface area contributed by atoms with Gasteiger partial charge in [-0.25, -0.2) is 0 Å². The van der Waals surface area contributed by atoms with E-state index >= 15 is 0 Å². The van der Waals surface area contributed by atoms with Crippen LogP contribution in [0.15, 0.2) is 41.9 Å². The third-order valence-electron chi connectivity index (χ3n) is 3.55. The highest BCUT2D eigenvalue weighted by molar-refractivity contribution is 14.0. The number of hydrogen-bond acceptors (Lipinski definition) is 3. The Kier molecular flexibility index (Phi) is 11.2. The molecule has 0 saturated carbocycles. The number of aliphatic imine (C=N–C) groups is 1. The Hall–Kier alpha value is -1.35. The van der Waals surface area contributed by atoms with E-state index in [1.165, 1.54) is 0 Å². The third kappa shape index (κ3) is 8.53. The second-order valence-corrected chi connectivity index (χ2v) is 5.84. The van der Waals surface area contributed by atoms with Gasteiger partial charge in [-0.1, -0.05) is 29.8 Å². The van der Waals surface area contributed by atoms with Gasteiger partial charge in [0.1, 0.15) is 12.7 Å². The topological polar surface area (TPSA) is 67.1 Å². The number of nitrogens with zero attached hydrogens (tertiary/aromatic N) is 4. The molecule has 0 radical (unpaired) electrons. The summed E-state index contributed by atoms with van der Waals surface area (Å²) in [7, 11) is 0. The van der Waals surface area contributed by atoms with Crippen LogP contribution in [-0.4, -0.2) is 40.4 Å². The minimum absolute atomic E-state index is 0. The first kappa shape index (κ1) is 21.7. The van der Waals surface area contributed by atoms with Crippen molar-refractivity contribution in [3.05, 3.63) is 47.5 Å². The molecule has 0 aliphatic heterocycles. The van der Waals surface area contributed by atoms with Gasteiger partial charge >= 0.3 is 0 Å². The minimum atomic E-state index is 0. The van der Waals surface area contributed by atoms with E-state index in [1.54, 1.807) is 12.7 Å². The van der Waals surface area contributed by atoms with Gasteiger partial charge in [-0.2, -0.15) is 0 Å². The molecular formula is C17H26ClIN6. The number of nitrogens with one attached hydrogen (secondary N) is 2. The predicted octanol–water partition coefficient (Wildman–Crippen LogP) is 3.13. The summed E-state index contributed by atoms with van der Waals surface area (Å²) in [6.45, 7) is 5.44. The van der Waals surface area contributed by atoms with Gasteiger partial charge < -0.3 is 15.2 Å². The van der Waals surface area contributed by atoms with Gasteiger partial charge in [-0.3, -0.25) is 4.99 Å². The monoisotopic (exact) mass is 476 g/mol. The third-order valence-corrected chi connectivity index (χ3v) is 3.92. The molecule has 2 rings (SSSR count). The van der Waals surface area contributed by atoms with Crippen LogP contribution in [0.25, 0.3) is 0 Å². The molecule has 0 bridgehead atoms. The molecule has 2 aromatic rings. The van der Waals surface area contributed by atoms with Gasteiger partial charge in [0.2, 0.25) is 0 Å². The van der Waals surface area contributed by atoms with E-state index in [0.29, 0.717) is 0 Å². The molecule has 138 valence electrons. The number of guanidine groups is 1. The zero-order valence-electron chi connectivity index (χ0n) is 14.5.